The summed E-state index contributed by atoms with van der Waals surface area (Å²) in [6.45, 7) is 3.33. The lowest BCUT2D eigenvalue weighted by Gasteiger charge is -2.16. The molecule has 0 fully saturated rings. The number of benzene rings is 1. The summed E-state index contributed by atoms with van der Waals surface area (Å²) >= 11 is 0. The number of nitrogens with two attached hydrogens (primary N) is 1. The van der Waals surface area contributed by atoms with Gasteiger partial charge in [0.05, 0.1) is 25.3 Å². The smallest absolute Gasteiger partial charge is 0.169 e. The molecule has 1 aromatic carbocycles. The lowest BCUT2D eigenvalue weighted by molar-refractivity contribution is -0.104. The average Bonchev–Trinajstić information content (AvgIpc) is 3.16. The second-order valence-electron chi connectivity index (χ2n) is 6.69. The van der Waals surface area contributed by atoms with Crippen molar-refractivity contribution in [2.75, 3.05) is 40.1 Å². The Morgan fingerprint density at radius 2 is 1.90 bits per heavy atom. The van der Waals surface area contributed by atoms with Crippen molar-refractivity contribution in [2.45, 2.75) is 6.92 Å². The predicted molar refractivity (Wildman–Crippen MR) is 119 cm³/mol. The molecule has 2 heterocycles. The van der Waals surface area contributed by atoms with Gasteiger partial charge in [-0.2, -0.15) is 5.10 Å². The van der Waals surface area contributed by atoms with Crippen molar-refractivity contribution < 1.29 is 14.3 Å². The number of aromatic nitrogens is 4. The third-order valence-electron chi connectivity index (χ3n) is 4.67. The van der Waals surface area contributed by atoms with Crippen LogP contribution in [0.25, 0.3) is 16.7 Å². The number of rotatable bonds is 7. The molecule has 3 aromatic rings. The Labute approximate surface area is 180 Å². The molecule has 3 rings (SSSR count). The third-order valence-corrected chi connectivity index (χ3v) is 4.67. The summed E-state index contributed by atoms with van der Waals surface area (Å²) in [7, 11) is 5.10. The highest BCUT2D eigenvalue weighted by molar-refractivity contribution is 5.93. The highest BCUT2D eigenvalue weighted by atomic mass is 16.5. The molecule has 0 saturated carbocycles. The Hall–Kier alpha value is -3.90. The van der Waals surface area contributed by atoms with Crippen molar-refractivity contribution in [2.24, 2.45) is 0 Å². The third kappa shape index (κ3) is 4.82. The minimum atomic E-state index is 0.262. The van der Waals surface area contributed by atoms with Crippen LogP contribution < -0.4 is 15.2 Å². The van der Waals surface area contributed by atoms with E-state index in [1.54, 1.807) is 37.1 Å². The molecule has 0 bridgehead atoms. The molecule has 31 heavy (non-hydrogen) atoms. The number of methoxy groups -OCH3 is 2. The summed E-state index contributed by atoms with van der Waals surface area (Å²) in [5.74, 6) is 7.63. The fraction of sp³-hybridized carbons (Fsp3) is 0.273. The first-order valence-electron chi connectivity index (χ1n) is 9.58. The first-order valence-corrected chi connectivity index (χ1v) is 9.58. The van der Waals surface area contributed by atoms with E-state index in [-0.39, 0.29) is 5.82 Å². The van der Waals surface area contributed by atoms with Gasteiger partial charge in [-0.3, -0.25) is 4.79 Å². The lowest BCUT2D eigenvalue weighted by atomic mass is 10.2. The maximum absolute atomic E-state index is 11.3. The summed E-state index contributed by atoms with van der Waals surface area (Å²) in [6, 6.07) is 5.35. The predicted octanol–water partition coefficient (Wildman–Crippen LogP) is 1.82. The van der Waals surface area contributed by atoms with Gasteiger partial charge in [-0.25, -0.2) is 14.6 Å². The molecule has 0 saturated heterocycles. The Morgan fingerprint density at radius 1 is 1.19 bits per heavy atom. The monoisotopic (exact) mass is 420 g/mol. The normalized spacial score (nSPS) is 11.3. The Bertz CT molecular complexity index is 1170. The van der Waals surface area contributed by atoms with E-state index < -0.39 is 0 Å². The fourth-order valence-corrected chi connectivity index (χ4v) is 2.93. The number of allylic oxidation sites excluding steroid dienone is 1. The Kier molecular flexibility index (Phi) is 6.85. The second kappa shape index (κ2) is 9.73. The number of fused-ring (bicyclic) bond motifs is 1. The van der Waals surface area contributed by atoms with Gasteiger partial charge in [-0.05, 0) is 31.6 Å². The topological polar surface area (TPSA) is 108 Å². The molecule has 2 N–H and O–H groups in total. The molecular weight excluding hydrogens is 396 g/mol. The van der Waals surface area contributed by atoms with E-state index in [9.17, 15) is 4.79 Å². The van der Waals surface area contributed by atoms with Crippen LogP contribution in [0, 0.1) is 11.8 Å². The zero-order valence-corrected chi connectivity index (χ0v) is 17.9. The first kappa shape index (κ1) is 21.8. The van der Waals surface area contributed by atoms with E-state index in [2.05, 4.69) is 26.9 Å². The first-order chi connectivity index (χ1) is 15.0. The van der Waals surface area contributed by atoms with Crippen LogP contribution in [0.3, 0.4) is 0 Å². The summed E-state index contributed by atoms with van der Waals surface area (Å²) in [6.07, 6.45) is 3.55. The zero-order valence-electron chi connectivity index (χ0n) is 17.9. The number of hydrogen-bond donors (Lipinski definition) is 1. The van der Waals surface area contributed by atoms with Crippen molar-refractivity contribution in [3.8, 4) is 23.3 Å². The molecular formula is C22H24N6O3. The molecule has 0 aliphatic rings. The van der Waals surface area contributed by atoms with Gasteiger partial charge in [0.15, 0.2) is 5.65 Å². The van der Waals surface area contributed by atoms with Crippen LogP contribution in [-0.2, 0) is 4.79 Å². The molecule has 2 aromatic heterocycles. The van der Waals surface area contributed by atoms with E-state index in [0.29, 0.717) is 46.0 Å². The summed E-state index contributed by atoms with van der Waals surface area (Å²) in [5.41, 5.74) is 8.35. The molecule has 0 aliphatic carbocycles. The number of carbonyl (C=O) groups is 1. The molecule has 0 unspecified atom stereocenters. The summed E-state index contributed by atoms with van der Waals surface area (Å²) < 4.78 is 12.2. The van der Waals surface area contributed by atoms with E-state index in [4.69, 9.17) is 15.2 Å². The second-order valence-corrected chi connectivity index (χ2v) is 6.69. The van der Waals surface area contributed by atoms with Gasteiger partial charge in [-0.1, -0.05) is 12.8 Å². The Morgan fingerprint density at radius 3 is 2.52 bits per heavy atom. The highest BCUT2D eigenvalue weighted by Crippen LogP contribution is 2.25. The van der Waals surface area contributed by atoms with Crippen molar-refractivity contribution in [1.29, 1.82) is 0 Å². The van der Waals surface area contributed by atoms with E-state index in [1.807, 2.05) is 18.9 Å². The van der Waals surface area contributed by atoms with Gasteiger partial charge < -0.3 is 20.1 Å². The maximum atomic E-state index is 11.3. The lowest BCUT2D eigenvalue weighted by Crippen LogP contribution is -2.22. The van der Waals surface area contributed by atoms with Crippen LogP contribution in [0.4, 0.5) is 5.82 Å². The molecule has 0 spiro atoms. The van der Waals surface area contributed by atoms with Gasteiger partial charge in [0.25, 0.3) is 0 Å². The van der Waals surface area contributed by atoms with Crippen LogP contribution >= 0.6 is 0 Å². The van der Waals surface area contributed by atoms with Crippen molar-refractivity contribution in [1.82, 2.24) is 24.6 Å². The molecule has 0 amide bonds. The SMILES string of the molecule is CCN(C)CC(=CC=O)n1nc(C#Cc2cc(OC)cc(OC)c2)c2c(N)ncnc21. The van der Waals surface area contributed by atoms with Crippen LogP contribution in [0.5, 0.6) is 11.5 Å². The number of aldehydes is 1. The van der Waals surface area contributed by atoms with E-state index >= 15 is 0 Å². The van der Waals surface area contributed by atoms with Gasteiger partial charge >= 0.3 is 0 Å². The van der Waals surface area contributed by atoms with Crippen LogP contribution in [0.15, 0.2) is 30.6 Å². The molecule has 0 radical (unpaired) electrons. The molecule has 0 atom stereocenters. The number of nitrogens with zero attached hydrogens (tertiary/aromatic N) is 5. The van der Waals surface area contributed by atoms with Gasteiger partial charge in [0, 0.05) is 24.3 Å². The molecule has 160 valence electrons. The number of nitrogen functional groups attached to an aromatic ring is 1. The van der Waals surface area contributed by atoms with E-state index in [0.717, 1.165) is 12.8 Å². The van der Waals surface area contributed by atoms with Crippen LogP contribution in [0.1, 0.15) is 18.2 Å². The van der Waals surface area contributed by atoms with Gasteiger partial charge in [0.2, 0.25) is 0 Å². The minimum Gasteiger partial charge on any atom is -0.497 e. The van der Waals surface area contributed by atoms with E-state index in [1.165, 1.54) is 12.4 Å². The number of hydrogen-bond acceptors (Lipinski definition) is 8. The van der Waals surface area contributed by atoms with Crippen LogP contribution in [0.2, 0.25) is 0 Å². The maximum Gasteiger partial charge on any atom is 0.169 e. The van der Waals surface area contributed by atoms with Crippen molar-refractivity contribution in [3.63, 3.8) is 0 Å². The van der Waals surface area contributed by atoms with Gasteiger partial charge in [-0.15, -0.1) is 0 Å². The molecule has 9 heteroatoms. The van der Waals surface area contributed by atoms with Gasteiger partial charge in [0.1, 0.15) is 35.6 Å². The quantitative estimate of drug-likeness (QED) is 0.350. The average molecular weight is 420 g/mol. The number of likely N-dealkylation sites (N-methyl/N-ethyl adjacent to an activating group) is 1. The molecule has 9 nitrogen and oxygen atoms in total. The zero-order chi connectivity index (χ0) is 22.4. The molecule has 0 aliphatic heterocycles. The largest absolute Gasteiger partial charge is 0.497 e. The van der Waals surface area contributed by atoms with Crippen LogP contribution in [-0.4, -0.2) is 65.3 Å². The standard InChI is InChI=1S/C22H24N6O3/c1-5-27(2)13-16(8-9-29)28-22-20(21(23)24-14-25-22)19(26-28)7-6-15-10-17(30-3)12-18(11-15)31-4/h8-12,14H,5,13H2,1-4H3,(H2,23,24,25). The number of carbonyl (C=O) groups excluding carboxylic acids is 1. The van der Waals surface area contributed by atoms with Crippen molar-refractivity contribution >= 4 is 28.8 Å². The fourth-order valence-electron chi connectivity index (χ4n) is 2.93. The Balaban J connectivity index is 2.15. The summed E-state index contributed by atoms with van der Waals surface area (Å²) in [5, 5.41) is 5.13. The minimum absolute atomic E-state index is 0.262. The summed E-state index contributed by atoms with van der Waals surface area (Å²) in [4.78, 5) is 21.7. The van der Waals surface area contributed by atoms with Crippen molar-refractivity contribution in [3.05, 3.63) is 41.9 Å². The number of anilines is 1. The highest BCUT2D eigenvalue weighted by Gasteiger charge is 2.17. The number of ether oxygens (including phenoxy) is 2.